The fourth-order valence-corrected chi connectivity index (χ4v) is 4.94. The van der Waals surface area contributed by atoms with Gasteiger partial charge in [-0.25, -0.2) is 9.37 Å². The van der Waals surface area contributed by atoms with Crippen molar-refractivity contribution in [2.75, 3.05) is 11.9 Å². The molecule has 0 amide bonds. The van der Waals surface area contributed by atoms with E-state index in [1.54, 1.807) is 24.5 Å². The minimum atomic E-state index is -0.939. The van der Waals surface area contributed by atoms with E-state index in [0.717, 1.165) is 36.1 Å². The lowest BCUT2D eigenvalue weighted by atomic mass is 9.96. The topological polar surface area (TPSA) is 94.1 Å². The monoisotopic (exact) mass is 435 g/mol. The molecule has 2 bridgehead atoms. The summed E-state index contributed by atoms with van der Waals surface area (Å²) >= 11 is 0. The number of rotatable bonds is 4. The zero-order valence-corrected chi connectivity index (χ0v) is 18.0. The molecule has 3 N–H and O–H groups in total. The fourth-order valence-electron chi connectivity index (χ4n) is 4.94. The molecule has 2 fully saturated rings. The number of anilines is 1. The third kappa shape index (κ3) is 3.75. The van der Waals surface area contributed by atoms with Gasteiger partial charge in [-0.2, -0.15) is 0 Å². The molecular weight excluding hydrogens is 409 g/mol. The number of hydrogen-bond donors (Lipinski definition) is 3. The summed E-state index contributed by atoms with van der Waals surface area (Å²) in [4.78, 5) is 25.3. The average Bonchev–Trinajstić information content (AvgIpc) is 3.19. The predicted molar refractivity (Wildman–Crippen MR) is 122 cm³/mol. The summed E-state index contributed by atoms with van der Waals surface area (Å²) in [6.45, 7) is 1.81. The Hall–Kier alpha value is -3.26. The number of nitrogens with zero attached hydrogens (tertiary/aromatic N) is 3. The van der Waals surface area contributed by atoms with Gasteiger partial charge in [-0.3, -0.25) is 9.78 Å². The second-order valence-corrected chi connectivity index (χ2v) is 8.81. The molecule has 2 saturated heterocycles. The van der Waals surface area contributed by atoms with Crippen molar-refractivity contribution in [2.45, 2.75) is 50.5 Å². The average molecular weight is 436 g/mol. The Morgan fingerprint density at radius 3 is 2.69 bits per heavy atom. The molecule has 166 valence electrons. The van der Waals surface area contributed by atoms with Gasteiger partial charge in [-0.15, -0.1) is 0 Å². The molecule has 2 aliphatic heterocycles. The summed E-state index contributed by atoms with van der Waals surface area (Å²) in [6.07, 6.45) is 4.94. The number of halogens is 1. The van der Waals surface area contributed by atoms with E-state index >= 15 is 0 Å². The Morgan fingerprint density at radius 1 is 1.12 bits per heavy atom. The Balaban J connectivity index is 1.37. The van der Waals surface area contributed by atoms with Gasteiger partial charge in [-0.05, 0) is 55.5 Å². The first-order chi connectivity index (χ1) is 15.4. The van der Waals surface area contributed by atoms with Gasteiger partial charge >= 0.3 is 0 Å². The third-order valence-corrected chi connectivity index (χ3v) is 6.64. The number of alkyl halides is 1. The number of benzene rings is 1. The van der Waals surface area contributed by atoms with Crippen LogP contribution in [-0.4, -0.2) is 51.4 Å². The van der Waals surface area contributed by atoms with E-state index in [0.29, 0.717) is 23.1 Å². The van der Waals surface area contributed by atoms with Crippen molar-refractivity contribution in [2.24, 2.45) is 0 Å². The minimum Gasteiger partial charge on any atom is -0.507 e. The number of H-pyrrole nitrogens is 1. The molecule has 1 aromatic carbocycles. The highest BCUT2D eigenvalue weighted by molar-refractivity contribution is 5.74. The molecule has 4 atom stereocenters. The van der Waals surface area contributed by atoms with Crippen LogP contribution in [0, 0.1) is 6.92 Å². The van der Waals surface area contributed by atoms with Crippen LogP contribution in [0.2, 0.25) is 0 Å². The van der Waals surface area contributed by atoms with E-state index in [2.05, 4.69) is 20.3 Å². The first-order valence-corrected chi connectivity index (χ1v) is 10.9. The summed E-state index contributed by atoms with van der Waals surface area (Å²) in [5.41, 5.74) is 3.09. The van der Waals surface area contributed by atoms with Crippen molar-refractivity contribution >= 4 is 5.82 Å². The van der Waals surface area contributed by atoms with Gasteiger partial charge in [0.1, 0.15) is 17.7 Å². The van der Waals surface area contributed by atoms with Crippen molar-refractivity contribution in [3.05, 3.63) is 58.8 Å². The summed E-state index contributed by atoms with van der Waals surface area (Å²) in [6, 6.07) is 8.63. The van der Waals surface area contributed by atoms with Crippen LogP contribution in [0.1, 0.15) is 25.0 Å². The Labute approximate surface area is 185 Å². The van der Waals surface area contributed by atoms with Crippen LogP contribution in [0.3, 0.4) is 0 Å². The molecule has 0 saturated carbocycles. The number of phenols is 1. The number of aromatic amines is 1. The zero-order chi connectivity index (χ0) is 22.4. The number of phenolic OH excluding ortho intramolecular Hbond substituents is 1. The lowest BCUT2D eigenvalue weighted by Gasteiger charge is -2.38. The molecule has 5 rings (SSSR count). The van der Waals surface area contributed by atoms with Crippen molar-refractivity contribution in [3.8, 4) is 28.1 Å². The van der Waals surface area contributed by atoms with Crippen LogP contribution >= 0.6 is 0 Å². The van der Waals surface area contributed by atoms with Gasteiger partial charge < -0.3 is 20.3 Å². The molecule has 2 aromatic heterocycles. The van der Waals surface area contributed by atoms with E-state index in [-0.39, 0.29) is 23.4 Å². The van der Waals surface area contributed by atoms with E-state index in [1.807, 2.05) is 31.0 Å². The van der Waals surface area contributed by atoms with Gasteiger partial charge in [0, 0.05) is 36.5 Å². The number of hydrogen-bond acceptors (Lipinski definition) is 6. The van der Waals surface area contributed by atoms with Crippen LogP contribution in [0.25, 0.3) is 22.4 Å². The molecule has 8 heteroatoms. The normalized spacial score (nSPS) is 24.5. The smallest absolute Gasteiger partial charge is 0.248 e. The Bertz CT molecular complexity index is 1200. The molecule has 0 aliphatic carbocycles. The van der Waals surface area contributed by atoms with E-state index in [1.165, 1.54) is 6.07 Å². The molecule has 3 aromatic rings. The third-order valence-electron chi connectivity index (χ3n) is 6.64. The number of aromatic hydroxyl groups is 1. The zero-order valence-electron chi connectivity index (χ0n) is 18.0. The molecule has 0 radical (unpaired) electrons. The van der Waals surface area contributed by atoms with Crippen LogP contribution in [0.15, 0.2) is 47.5 Å². The number of aryl methyl sites for hydroxylation is 1. The largest absolute Gasteiger partial charge is 0.507 e. The van der Waals surface area contributed by atoms with E-state index < -0.39 is 6.17 Å². The molecule has 7 nitrogen and oxygen atoms in total. The highest BCUT2D eigenvalue weighted by Gasteiger charge is 2.43. The number of nitrogens with one attached hydrogen (secondary N) is 2. The maximum absolute atomic E-state index is 14.9. The summed E-state index contributed by atoms with van der Waals surface area (Å²) < 4.78 is 14.9. The van der Waals surface area contributed by atoms with Gasteiger partial charge in [0.2, 0.25) is 5.56 Å². The maximum atomic E-state index is 14.9. The number of pyridine rings is 1. The lowest BCUT2D eigenvalue weighted by molar-refractivity contribution is 0.176. The highest BCUT2D eigenvalue weighted by atomic mass is 19.1. The highest BCUT2D eigenvalue weighted by Crippen LogP contribution is 2.35. The van der Waals surface area contributed by atoms with Gasteiger partial charge in [0.25, 0.3) is 0 Å². The van der Waals surface area contributed by atoms with Crippen molar-refractivity contribution in [1.29, 1.82) is 0 Å². The van der Waals surface area contributed by atoms with Crippen LogP contribution in [0.4, 0.5) is 10.2 Å². The molecule has 2 unspecified atom stereocenters. The summed E-state index contributed by atoms with van der Waals surface area (Å²) in [5, 5.41) is 14.0. The maximum Gasteiger partial charge on any atom is 0.248 e. The number of piperidine rings is 1. The van der Waals surface area contributed by atoms with Gasteiger partial charge in [0.05, 0.1) is 24.1 Å². The molecular formula is C24H26FN5O2. The summed E-state index contributed by atoms with van der Waals surface area (Å²) in [7, 11) is 1.86. The lowest BCUT2D eigenvalue weighted by Crippen LogP contribution is -2.55. The van der Waals surface area contributed by atoms with Crippen LogP contribution < -0.4 is 15.8 Å². The molecule has 2 aliphatic rings. The molecule has 4 heterocycles. The second-order valence-electron chi connectivity index (χ2n) is 8.81. The van der Waals surface area contributed by atoms with Crippen molar-refractivity contribution < 1.29 is 9.50 Å². The van der Waals surface area contributed by atoms with Crippen LogP contribution in [-0.2, 0) is 0 Å². The SMILES string of the molecule is Cc1cc(-c2ccc(-c3cnc(N(C)[C@H]4CC5CCC(N5)[C@H]4F)cn3)c(O)c2)cc(=O)[nH]1. The van der Waals surface area contributed by atoms with Crippen molar-refractivity contribution in [3.63, 3.8) is 0 Å². The Morgan fingerprint density at radius 2 is 1.97 bits per heavy atom. The first-order valence-electron chi connectivity index (χ1n) is 10.9. The van der Waals surface area contributed by atoms with Gasteiger partial charge in [0.15, 0.2) is 0 Å². The molecule has 0 spiro atoms. The first kappa shape index (κ1) is 20.6. The van der Waals surface area contributed by atoms with E-state index in [9.17, 15) is 14.3 Å². The second kappa shape index (κ2) is 8.02. The summed E-state index contributed by atoms with van der Waals surface area (Å²) in [5.74, 6) is 0.660. The minimum absolute atomic E-state index is 0.0505. The van der Waals surface area contributed by atoms with Crippen molar-refractivity contribution in [1.82, 2.24) is 20.3 Å². The van der Waals surface area contributed by atoms with Crippen LogP contribution in [0.5, 0.6) is 5.75 Å². The molecule has 32 heavy (non-hydrogen) atoms. The van der Waals surface area contributed by atoms with Gasteiger partial charge in [-0.1, -0.05) is 6.07 Å². The van der Waals surface area contributed by atoms with E-state index in [4.69, 9.17) is 0 Å². The standard InChI is InChI=1S/C24H26FN5O2/c1-13-7-15(9-23(32)28-13)14-3-5-17(21(31)8-14)19-11-27-22(12-26-19)30(2)20-10-16-4-6-18(29-16)24(20)25/h3,5,7-9,11-12,16,18,20,24,29,31H,4,6,10H2,1-2H3,(H,28,32)/t16?,18?,20-,24+/m0/s1. The fraction of sp³-hybridized carbons (Fsp3) is 0.375. The Kier molecular flexibility index (Phi) is 5.17. The number of aromatic nitrogens is 3. The number of fused-ring (bicyclic) bond motifs is 2. The quantitative estimate of drug-likeness (QED) is 0.583. The predicted octanol–water partition coefficient (Wildman–Crippen LogP) is 3.18.